The second kappa shape index (κ2) is 9.42. The predicted octanol–water partition coefficient (Wildman–Crippen LogP) is 2.12. The molecule has 1 aliphatic rings. The molecule has 0 bridgehead atoms. The molecule has 9 heteroatoms. The first-order valence-corrected chi connectivity index (χ1v) is 9.85. The number of hydrogen-bond acceptors (Lipinski definition) is 6. The molecule has 1 saturated heterocycles. The Labute approximate surface area is 171 Å². The lowest BCUT2D eigenvalue weighted by Crippen LogP contribution is -2.35. The molecule has 2 N–H and O–H groups in total. The zero-order valence-electron chi connectivity index (χ0n) is 15.4. The van der Waals surface area contributed by atoms with Crippen LogP contribution in [0.3, 0.4) is 0 Å². The molecule has 0 saturated carbocycles. The van der Waals surface area contributed by atoms with Crippen molar-refractivity contribution in [2.75, 3.05) is 25.5 Å². The van der Waals surface area contributed by atoms with Crippen molar-refractivity contribution in [3.63, 3.8) is 0 Å². The Kier molecular flexibility index (Phi) is 6.71. The number of thioether (sulfide) groups is 1. The Hall–Kier alpha value is -3.07. The van der Waals surface area contributed by atoms with Gasteiger partial charge in [0.05, 0.1) is 5.56 Å². The molecule has 2 aromatic carbocycles. The van der Waals surface area contributed by atoms with Crippen molar-refractivity contribution in [2.45, 2.75) is 5.37 Å². The van der Waals surface area contributed by atoms with Crippen LogP contribution in [0.15, 0.2) is 48.5 Å². The Morgan fingerprint density at radius 3 is 2.59 bits per heavy atom. The molecular weight excluding hydrogens is 399 g/mol. The van der Waals surface area contributed by atoms with Gasteiger partial charge in [0, 0.05) is 17.9 Å². The van der Waals surface area contributed by atoms with Gasteiger partial charge < -0.3 is 20.1 Å². The number of amides is 2. The van der Waals surface area contributed by atoms with Crippen molar-refractivity contribution in [1.82, 2.24) is 4.90 Å². The molecule has 0 spiro atoms. The fourth-order valence-corrected chi connectivity index (χ4v) is 4.16. The average Bonchev–Trinajstić information content (AvgIpc) is 3.20. The van der Waals surface area contributed by atoms with Crippen LogP contribution < -0.4 is 10.5 Å². The van der Waals surface area contributed by atoms with Gasteiger partial charge in [0.15, 0.2) is 13.2 Å². The third-order valence-electron chi connectivity index (χ3n) is 4.24. The van der Waals surface area contributed by atoms with Crippen LogP contribution in [0.25, 0.3) is 0 Å². The van der Waals surface area contributed by atoms with Gasteiger partial charge in [-0.3, -0.25) is 9.59 Å². The summed E-state index contributed by atoms with van der Waals surface area (Å²) in [7, 11) is 0. The third-order valence-corrected chi connectivity index (χ3v) is 5.48. The number of para-hydroxylation sites is 1. The van der Waals surface area contributed by atoms with E-state index in [0.29, 0.717) is 17.9 Å². The third kappa shape index (κ3) is 5.05. The number of ether oxygens (including phenoxy) is 2. The lowest BCUT2D eigenvalue weighted by Gasteiger charge is -2.24. The lowest BCUT2D eigenvalue weighted by molar-refractivity contribution is -0.153. The molecule has 1 heterocycles. The Bertz CT molecular complexity index is 923. The summed E-state index contributed by atoms with van der Waals surface area (Å²) >= 11 is 1.45. The van der Waals surface area contributed by atoms with Gasteiger partial charge >= 0.3 is 5.97 Å². The van der Waals surface area contributed by atoms with Crippen LogP contribution in [0.2, 0.25) is 0 Å². The summed E-state index contributed by atoms with van der Waals surface area (Å²) < 4.78 is 24.3. The summed E-state index contributed by atoms with van der Waals surface area (Å²) in [4.78, 5) is 37.2. The molecular formula is C20H19FN2O5S. The van der Waals surface area contributed by atoms with Crippen LogP contribution in [-0.2, 0) is 14.3 Å². The average molecular weight is 418 g/mol. The van der Waals surface area contributed by atoms with E-state index in [1.54, 1.807) is 30.3 Å². The van der Waals surface area contributed by atoms with Crippen LogP contribution in [0.4, 0.5) is 4.39 Å². The van der Waals surface area contributed by atoms with E-state index < -0.39 is 36.4 Å². The number of halogens is 1. The molecule has 1 atom stereocenters. The SMILES string of the molecule is NC(=O)c1ccccc1OCC(=O)OCC(=O)N1CCS[C@H]1c1ccccc1F. The van der Waals surface area contributed by atoms with E-state index in [9.17, 15) is 18.8 Å². The molecule has 152 valence electrons. The molecule has 29 heavy (non-hydrogen) atoms. The van der Waals surface area contributed by atoms with Crippen molar-refractivity contribution in [2.24, 2.45) is 5.73 Å². The number of carbonyl (C=O) groups is 3. The number of nitrogens with two attached hydrogens (primary N) is 1. The highest BCUT2D eigenvalue weighted by molar-refractivity contribution is 7.99. The molecule has 2 amide bonds. The molecule has 3 rings (SSSR count). The van der Waals surface area contributed by atoms with Gasteiger partial charge in [0.25, 0.3) is 11.8 Å². The molecule has 2 aromatic rings. The van der Waals surface area contributed by atoms with Gasteiger partial charge in [-0.15, -0.1) is 11.8 Å². The Balaban J connectivity index is 1.53. The van der Waals surface area contributed by atoms with E-state index in [0.717, 1.165) is 0 Å². The lowest BCUT2D eigenvalue weighted by atomic mass is 10.2. The number of hydrogen-bond donors (Lipinski definition) is 1. The minimum Gasteiger partial charge on any atom is -0.481 e. The Morgan fingerprint density at radius 1 is 1.10 bits per heavy atom. The first kappa shape index (κ1) is 20.7. The minimum absolute atomic E-state index is 0.137. The molecule has 0 aliphatic carbocycles. The number of carbonyl (C=O) groups excluding carboxylic acids is 3. The molecule has 1 aliphatic heterocycles. The van der Waals surface area contributed by atoms with Crippen molar-refractivity contribution >= 4 is 29.5 Å². The predicted molar refractivity (Wildman–Crippen MR) is 105 cm³/mol. The van der Waals surface area contributed by atoms with Crippen molar-refractivity contribution in [1.29, 1.82) is 0 Å². The summed E-state index contributed by atoms with van der Waals surface area (Å²) in [5.41, 5.74) is 5.80. The summed E-state index contributed by atoms with van der Waals surface area (Å²) in [6, 6.07) is 12.5. The fourth-order valence-electron chi connectivity index (χ4n) is 2.86. The van der Waals surface area contributed by atoms with Gasteiger partial charge in [-0.25, -0.2) is 9.18 Å². The summed E-state index contributed by atoms with van der Waals surface area (Å²) in [6.45, 7) is -0.531. The quantitative estimate of drug-likeness (QED) is 0.692. The zero-order valence-corrected chi connectivity index (χ0v) is 16.2. The summed E-state index contributed by atoms with van der Waals surface area (Å²) in [5.74, 6) is -1.45. The Morgan fingerprint density at radius 2 is 1.83 bits per heavy atom. The van der Waals surface area contributed by atoms with Gasteiger partial charge in [-0.1, -0.05) is 30.3 Å². The van der Waals surface area contributed by atoms with Crippen molar-refractivity contribution in [3.8, 4) is 5.75 Å². The number of esters is 1. The molecule has 0 radical (unpaired) electrons. The highest BCUT2D eigenvalue weighted by atomic mass is 32.2. The van der Waals surface area contributed by atoms with Gasteiger partial charge in [0.1, 0.15) is 16.9 Å². The molecule has 7 nitrogen and oxygen atoms in total. The highest BCUT2D eigenvalue weighted by Gasteiger charge is 2.32. The van der Waals surface area contributed by atoms with Crippen LogP contribution in [0.5, 0.6) is 5.75 Å². The van der Waals surface area contributed by atoms with Crippen LogP contribution >= 0.6 is 11.8 Å². The molecule has 1 fully saturated rings. The van der Waals surface area contributed by atoms with E-state index in [4.69, 9.17) is 15.2 Å². The number of nitrogens with zero attached hydrogens (tertiary/aromatic N) is 1. The molecule has 0 unspecified atom stereocenters. The van der Waals surface area contributed by atoms with Gasteiger partial charge in [0.2, 0.25) is 0 Å². The van der Waals surface area contributed by atoms with E-state index >= 15 is 0 Å². The first-order chi connectivity index (χ1) is 14.0. The van der Waals surface area contributed by atoms with E-state index in [-0.39, 0.29) is 17.1 Å². The van der Waals surface area contributed by atoms with E-state index in [1.165, 1.54) is 34.9 Å². The maximum atomic E-state index is 14.1. The summed E-state index contributed by atoms with van der Waals surface area (Å²) in [6.07, 6.45) is 0. The number of primary amides is 1. The first-order valence-electron chi connectivity index (χ1n) is 8.80. The van der Waals surface area contributed by atoms with Crippen molar-refractivity contribution < 1.29 is 28.2 Å². The van der Waals surface area contributed by atoms with Crippen LogP contribution in [-0.4, -0.2) is 48.2 Å². The fraction of sp³-hybridized carbons (Fsp3) is 0.250. The van der Waals surface area contributed by atoms with Gasteiger partial charge in [-0.2, -0.15) is 0 Å². The monoisotopic (exact) mass is 418 g/mol. The van der Waals surface area contributed by atoms with Crippen LogP contribution in [0.1, 0.15) is 21.3 Å². The van der Waals surface area contributed by atoms with E-state index in [1.807, 2.05) is 0 Å². The normalized spacial score (nSPS) is 15.8. The highest BCUT2D eigenvalue weighted by Crippen LogP contribution is 2.38. The smallest absolute Gasteiger partial charge is 0.344 e. The maximum absolute atomic E-state index is 14.1. The topological polar surface area (TPSA) is 98.9 Å². The standard InChI is InChI=1S/C20H19FN2O5S/c21-15-7-3-1-5-13(15)20-23(9-10-29-20)17(24)11-28-18(25)12-27-16-8-4-2-6-14(16)19(22)26/h1-8,20H,9-12H2,(H2,22,26)/t20-/m0/s1. The number of benzene rings is 2. The van der Waals surface area contributed by atoms with Crippen molar-refractivity contribution in [3.05, 3.63) is 65.5 Å². The van der Waals surface area contributed by atoms with Gasteiger partial charge in [-0.05, 0) is 18.2 Å². The molecule has 0 aromatic heterocycles. The zero-order chi connectivity index (χ0) is 20.8. The maximum Gasteiger partial charge on any atom is 0.344 e. The number of rotatable bonds is 7. The van der Waals surface area contributed by atoms with Crippen LogP contribution in [0, 0.1) is 5.82 Å². The largest absolute Gasteiger partial charge is 0.481 e. The second-order valence-electron chi connectivity index (χ2n) is 6.14. The van der Waals surface area contributed by atoms with E-state index in [2.05, 4.69) is 0 Å². The minimum atomic E-state index is -0.771. The summed E-state index contributed by atoms with van der Waals surface area (Å²) in [5, 5.41) is -0.457. The second-order valence-corrected chi connectivity index (χ2v) is 7.33.